The molecule has 144 valence electrons. The number of carbonyl (C=O) groups excluding carboxylic acids is 1. The summed E-state index contributed by atoms with van der Waals surface area (Å²) in [5.41, 5.74) is 5.86. The topological polar surface area (TPSA) is 112 Å². The van der Waals surface area contributed by atoms with Gasteiger partial charge in [-0.2, -0.15) is 4.31 Å². The van der Waals surface area contributed by atoms with Gasteiger partial charge in [-0.05, 0) is 43.7 Å². The van der Waals surface area contributed by atoms with Gasteiger partial charge in [0.05, 0.1) is 11.4 Å². The Hall–Kier alpha value is -2.65. The van der Waals surface area contributed by atoms with E-state index in [-0.39, 0.29) is 24.2 Å². The van der Waals surface area contributed by atoms with Gasteiger partial charge in [0.2, 0.25) is 15.9 Å². The van der Waals surface area contributed by atoms with Crippen molar-refractivity contribution in [2.45, 2.75) is 24.3 Å². The first-order valence-corrected chi connectivity index (χ1v) is 9.90. The number of carbonyl (C=O) groups is 1. The summed E-state index contributed by atoms with van der Waals surface area (Å²) in [6.07, 6.45) is 0.349. The second-order valence-corrected chi connectivity index (χ2v) is 8.17. The highest BCUT2D eigenvalue weighted by atomic mass is 32.2. The number of ether oxygens (including phenoxy) is 2. The lowest BCUT2D eigenvalue weighted by Crippen LogP contribution is -2.31. The van der Waals surface area contributed by atoms with Crippen LogP contribution in [0.4, 0.5) is 0 Å². The fraction of sp³-hybridized carbons (Fsp3) is 0.333. The Bertz CT molecular complexity index is 915. The third-order valence-electron chi connectivity index (χ3n) is 4.10. The molecule has 2 N–H and O–H groups in total. The van der Waals surface area contributed by atoms with Gasteiger partial charge in [0.15, 0.2) is 6.61 Å². The van der Waals surface area contributed by atoms with Gasteiger partial charge in [0, 0.05) is 18.3 Å². The molecule has 3 rings (SSSR count). The van der Waals surface area contributed by atoms with Crippen LogP contribution in [0.3, 0.4) is 0 Å². The zero-order chi connectivity index (χ0) is 19.4. The van der Waals surface area contributed by atoms with Crippen LogP contribution in [0.1, 0.15) is 12.1 Å². The summed E-state index contributed by atoms with van der Waals surface area (Å²) < 4.78 is 38.0. The highest BCUT2D eigenvalue weighted by molar-refractivity contribution is 7.89. The van der Waals surface area contributed by atoms with E-state index in [2.05, 4.69) is 4.98 Å². The smallest absolute Gasteiger partial charge is 0.255 e. The van der Waals surface area contributed by atoms with E-state index < -0.39 is 15.9 Å². The number of hydrogen-bond acceptors (Lipinski definition) is 6. The number of aryl methyl sites for hydroxylation is 1. The molecule has 2 aromatic rings. The lowest BCUT2D eigenvalue weighted by molar-refractivity contribution is -0.119. The standard InChI is InChI=1S/C18H21N3O5S/c1-13-3-2-4-18(20-13)26-15-9-10-21(11-15)27(23,24)16-7-5-14(6-8-16)25-12-17(19)22/h2-8,15H,9-12H2,1H3,(H2,19,22). The maximum Gasteiger partial charge on any atom is 0.255 e. The van der Waals surface area contributed by atoms with Crippen LogP contribution in [0.25, 0.3) is 0 Å². The average Bonchev–Trinajstić information content (AvgIpc) is 3.09. The summed E-state index contributed by atoms with van der Waals surface area (Å²) in [4.78, 5) is 15.2. The van der Waals surface area contributed by atoms with Gasteiger partial charge >= 0.3 is 0 Å². The Morgan fingerprint density at radius 2 is 2.00 bits per heavy atom. The Morgan fingerprint density at radius 1 is 1.26 bits per heavy atom. The van der Waals surface area contributed by atoms with Crippen LogP contribution in [-0.4, -0.2) is 49.4 Å². The predicted octanol–water partition coefficient (Wildman–Crippen LogP) is 1.10. The molecule has 1 aromatic heterocycles. The first-order valence-electron chi connectivity index (χ1n) is 8.46. The second-order valence-electron chi connectivity index (χ2n) is 6.24. The van der Waals surface area contributed by atoms with Crippen LogP contribution in [0.5, 0.6) is 11.6 Å². The van der Waals surface area contributed by atoms with E-state index in [0.29, 0.717) is 24.6 Å². The Balaban J connectivity index is 1.64. The number of amides is 1. The SMILES string of the molecule is Cc1cccc(OC2CCN(S(=O)(=O)c3ccc(OCC(N)=O)cc3)C2)n1. The number of benzene rings is 1. The second kappa shape index (κ2) is 7.93. The quantitative estimate of drug-likeness (QED) is 0.756. The van der Waals surface area contributed by atoms with Crippen LogP contribution in [0.15, 0.2) is 47.4 Å². The molecule has 0 aliphatic carbocycles. The number of nitrogens with two attached hydrogens (primary N) is 1. The molecule has 0 spiro atoms. The molecular weight excluding hydrogens is 370 g/mol. The molecule has 0 saturated carbocycles. The van der Waals surface area contributed by atoms with E-state index in [1.54, 1.807) is 6.07 Å². The summed E-state index contributed by atoms with van der Waals surface area (Å²) in [7, 11) is -3.63. The van der Waals surface area contributed by atoms with Gasteiger partial charge in [-0.25, -0.2) is 13.4 Å². The number of nitrogens with zero attached hydrogens (tertiary/aromatic N) is 2. The van der Waals surface area contributed by atoms with Crippen LogP contribution in [0, 0.1) is 6.92 Å². The summed E-state index contributed by atoms with van der Waals surface area (Å²) in [6.45, 7) is 2.25. The van der Waals surface area contributed by atoms with Gasteiger partial charge < -0.3 is 15.2 Å². The minimum absolute atomic E-state index is 0.156. The largest absolute Gasteiger partial charge is 0.484 e. The van der Waals surface area contributed by atoms with E-state index >= 15 is 0 Å². The normalized spacial score (nSPS) is 17.6. The molecule has 9 heteroatoms. The zero-order valence-electron chi connectivity index (χ0n) is 14.9. The first kappa shape index (κ1) is 19.1. The van der Waals surface area contributed by atoms with Crippen molar-refractivity contribution in [3.8, 4) is 11.6 Å². The van der Waals surface area contributed by atoms with Gasteiger partial charge in [-0.1, -0.05) is 6.07 Å². The highest BCUT2D eigenvalue weighted by Gasteiger charge is 2.33. The van der Waals surface area contributed by atoms with Crippen LogP contribution in [0.2, 0.25) is 0 Å². The molecule has 0 bridgehead atoms. The Morgan fingerprint density at radius 3 is 2.67 bits per heavy atom. The number of aromatic nitrogens is 1. The maximum atomic E-state index is 12.8. The molecule has 1 amide bonds. The lowest BCUT2D eigenvalue weighted by atomic mass is 10.3. The number of sulfonamides is 1. The number of primary amides is 1. The molecule has 0 radical (unpaired) electrons. The fourth-order valence-electron chi connectivity index (χ4n) is 2.78. The molecule has 1 aliphatic rings. The molecule has 1 atom stereocenters. The van der Waals surface area contributed by atoms with E-state index in [1.807, 2.05) is 19.1 Å². The maximum absolute atomic E-state index is 12.8. The van der Waals surface area contributed by atoms with Crippen molar-refractivity contribution in [3.05, 3.63) is 48.2 Å². The molecule has 2 heterocycles. The average molecular weight is 391 g/mol. The van der Waals surface area contributed by atoms with Crippen LogP contribution >= 0.6 is 0 Å². The molecular formula is C18H21N3O5S. The molecule has 1 aromatic carbocycles. The van der Waals surface area contributed by atoms with Crippen molar-refractivity contribution in [2.24, 2.45) is 5.73 Å². The minimum atomic E-state index is -3.63. The Kier molecular flexibility index (Phi) is 5.62. The number of rotatable bonds is 7. The van der Waals surface area contributed by atoms with E-state index in [0.717, 1.165) is 5.69 Å². The summed E-state index contributed by atoms with van der Waals surface area (Å²) in [6, 6.07) is 11.4. The third-order valence-corrected chi connectivity index (χ3v) is 5.98. The molecule has 1 fully saturated rings. The lowest BCUT2D eigenvalue weighted by Gasteiger charge is -2.17. The first-order chi connectivity index (χ1) is 12.8. The zero-order valence-corrected chi connectivity index (χ0v) is 15.7. The van der Waals surface area contributed by atoms with E-state index in [4.69, 9.17) is 15.2 Å². The molecule has 1 saturated heterocycles. The predicted molar refractivity (Wildman–Crippen MR) is 97.9 cm³/mol. The number of pyridine rings is 1. The van der Waals surface area contributed by atoms with Crippen molar-refractivity contribution in [1.82, 2.24) is 9.29 Å². The minimum Gasteiger partial charge on any atom is -0.484 e. The fourth-order valence-corrected chi connectivity index (χ4v) is 4.26. The number of hydrogen-bond donors (Lipinski definition) is 1. The summed E-state index contributed by atoms with van der Waals surface area (Å²) >= 11 is 0. The summed E-state index contributed by atoms with van der Waals surface area (Å²) in [5.74, 6) is 0.272. The van der Waals surface area contributed by atoms with Gasteiger partial charge in [-0.15, -0.1) is 0 Å². The molecule has 27 heavy (non-hydrogen) atoms. The van der Waals surface area contributed by atoms with Crippen molar-refractivity contribution >= 4 is 15.9 Å². The third kappa shape index (κ3) is 4.75. The van der Waals surface area contributed by atoms with Crippen molar-refractivity contribution in [2.75, 3.05) is 19.7 Å². The molecule has 8 nitrogen and oxygen atoms in total. The molecule has 1 unspecified atom stereocenters. The van der Waals surface area contributed by atoms with Gasteiger partial charge in [0.1, 0.15) is 11.9 Å². The van der Waals surface area contributed by atoms with E-state index in [1.165, 1.54) is 28.6 Å². The van der Waals surface area contributed by atoms with Crippen LogP contribution < -0.4 is 15.2 Å². The van der Waals surface area contributed by atoms with Crippen molar-refractivity contribution < 1.29 is 22.7 Å². The van der Waals surface area contributed by atoms with Crippen molar-refractivity contribution in [1.29, 1.82) is 0 Å². The van der Waals surface area contributed by atoms with Crippen LogP contribution in [-0.2, 0) is 14.8 Å². The Labute approximate surface area is 158 Å². The van der Waals surface area contributed by atoms with Gasteiger partial charge in [0.25, 0.3) is 5.91 Å². The highest BCUT2D eigenvalue weighted by Crippen LogP contribution is 2.25. The summed E-state index contributed by atoms with van der Waals surface area (Å²) in [5, 5.41) is 0. The van der Waals surface area contributed by atoms with Gasteiger partial charge in [-0.3, -0.25) is 4.79 Å². The monoisotopic (exact) mass is 391 g/mol. The van der Waals surface area contributed by atoms with E-state index in [9.17, 15) is 13.2 Å². The van der Waals surface area contributed by atoms with Crippen molar-refractivity contribution in [3.63, 3.8) is 0 Å². The molecule has 1 aliphatic heterocycles.